The molecule has 0 unspecified atom stereocenters. The highest BCUT2D eigenvalue weighted by molar-refractivity contribution is 5.99. The Hall–Kier alpha value is -1.71. The smallest absolute Gasteiger partial charge is 0.240 e. The predicted molar refractivity (Wildman–Crippen MR) is 82.6 cm³/mol. The molecule has 1 N–H and O–H groups in total. The van der Waals surface area contributed by atoms with Crippen molar-refractivity contribution in [3.8, 4) is 0 Å². The third kappa shape index (κ3) is 7.02. The molecular formula is C16H25N3O. The van der Waals surface area contributed by atoms with E-state index in [-0.39, 0.29) is 5.91 Å². The molecule has 0 aliphatic heterocycles. The minimum absolute atomic E-state index is 0.00565. The van der Waals surface area contributed by atoms with Crippen molar-refractivity contribution in [3.05, 3.63) is 30.1 Å². The largest absolute Gasteiger partial charge is 0.273 e. The number of nitrogens with zero attached hydrogens (tertiary/aromatic N) is 2. The molecule has 0 spiro atoms. The molecule has 1 heterocycles. The normalized spacial score (nSPS) is 11.4. The van der Waals surface area contributed by atoms with Crippen LogP contribution in [0.1, 0.15) is 64.4 Å². The molecule has 0 saturated heterocycles. The van der Waals surface area contributed by atoms with E-state index in [2.05, 4.69) is 22.4 Å². The number of rotatable bonds is 9. The molecule has 0 atom stereocenters. The lowest BCUT2D eigenvalue weighted by molar-refractivity contribution is -0.121. The minimum atomic E-state index is -0.00565. The van der Waals surface area contributed by atoms with Crippen LogP contribution >= 0.6 is 0 Å². The van der Waals surface area contributed by atoms with Gasteiger partial charge in [0.2, 0.25) is 5.91 Å². The van der Waals surface area contributed by atoms with Crippen LogP contribution in [0, 0.1) is 0 Å². The van der Waals surface area contributed by atoms with Crippen molar-refractivity contribution in [1.29, 1.82) is 0 Å². The first kappa shape index (κ1) is 16.3. The van der Waals surface area contributed by atoms with Gasteiger partial charge >= 0.3 is 0 Å². The fraction of sp³-hybridized carbons (Fsp3) is 0.562. The van der Waals surface area contributed by atoms with Crippen molar-refractivity contribution in [2.45, 2.75) is 58.8 Å². The molecule has 1 aromatic heterocycles. The Morgan fingerprint density at radius 3 is 2.50 bits per heavy atom. The number of unbranched alkanes of at least 4 members (excludes halogenated alkanes) is 5. The van der Waals surface area contributed by atoms with E-state index in [4.69, 9.17) is 0 Å². The van der Waals surface area contributed by atoms with Crippen molar-refractivity contribution < 1.29 is 4.79 Å². The predicted octanol–water partition coefficient (Wildman–Crippen LogP) is 3.67. The summed E-state index contributed by atoms with van der Waals surface area (Å²) in [5.74, 6) is -0.00565. The third-order valence-corrected chi connectivity index (χ3v) is 3.20. The van der Waals surface area contributed by atoms with Crippen molar-refractivity contribution in [2.75, 3.05) is 0 Å². The summed E-state index contributed by atoms with van der Waals surface area (Å²) in [7, 11) is 0. The van der Waals surface area contributed by atoms with Gasteiger partial charge in [-0.25, -0.2) is 5.43 Å². The summed E-state index contributed by atoms with van der Waals surface area (Å²) in [6.07, 6.45) is 11.1. The maximum Gasteiger partial charge on any atom is 0.240 e. The highest BCUT2D eigenvalue weighted by Gasteiger charge is 2.01. The molecule has 0 aliphatic carbocycles. The number of hydrazone groups is 1. The molecule has 0 aromatic carbocycles. The summed E-state index contributed by atoms with van der Waals surface area (Å²) in [6, 6.07) is 3.75. The van der Waals surface area contributed by atoms with Crippen LogP contribution in [0.3, 0.4) is 0 Å². The number of nitrogens with one attached hydrogen (secondary N) is 1. The first-order valence-corrected chi connectivity index (χ1v) is 7.47. The monoisotopic (exact) mass is 275 g/mol. The van der Waals surface area contributed by atoms with Gasteiger partial charge in [-0.2, -0.15) is 5.10 Å². The van der Waals surface area contributed by atoms with Gasteiger partial charge in [0.25, 0.3) is 0 Å². The molecule has 20 heavy (non-hydrogen) atoms. The van der Waals surface area contributed by atoms with E-state index < -0.39 is 0 Å². The summed E-state index contributed by atoms with van der Waals surface area (Å²) in [4.78, 5) is 15.6. The Kier molecular flexibility index (Phi) is 8.27. The zero-order chi connectivity index (χ0) is 14.6. The summed E-state index contributed by atoms with van der Waals surface area (Å²) < 4.78 is 0. The lowest BCUT2D eigenvalue weighted by Gasteiger charge is -2.03. The number of aromatic nitrogens is 1. The maximum absolute atomic E-state index is 11.6. The molecule has 0 radical (unpaired) electrons. The summed E-state index contributed by atoms with van der Waals surface area (Å²) >= 11 is 0. The van der Waals surface area contributed by atoms with Crippen LogP contribution in [-0.2, 0) is 4.79 Å². The molecule has 0 bridgehead atoms. The van der Waals surface area contributed by atoms with Crippen molar-refractivity contribution in [3.63, 3.8) is 0 Å². The van der Waals surface area contributed by atoms with Gasteiger partial charge in [-0.1, -0.05) is 39.0 Å². The van der Waals surface area contributed by atoms with Gasteiger partial charge in [-0.05, 0) is 25.5 Å². The highest BCUT2D eigenvalue weighted by Crippen LogP contribution is 2.06. The molecule has 0 saturated carbocycles. The summed E-state index contributed by atoms with van der Waals surface area (Å²) in [5.41, 5.74) is 4.38. The van der Waals surface area contributed by atoms with E-state index in [0.717, 1.165) is 24.1 Å². The van der Waals surface area contributed by atoms with E-state index in [0.29, 0.717) is 6.42 Å². The molecule has 4 heteroatoms. The van der Waals surface area contributed by atoms with Crippen LogP contribution in [0.2, 0.25) is 0 Å². The number of pyridine rings is 1. The molecule has 0 aliphatic rings. The first-order chi connectivity index (χ1) is 9.74. The van der Waals surface area contributed by atoms with Crippen LogP contribution in [0.5, 0.6) is 0 Å². The molecule has 1 rings (SSSR count). The van der Waals surface area contributed by atoms with E-state index in [1.165, 1.54) is 25.7 Å². The number of carbonyl (C=O) groups excluding carboxylic acids is 1. The minimum Gasteiger partial charge on any atom is -0.273 e. The number of hydrogen-bond donors (Lipinski definition) is 1. The zero-order valence-corrected chi connectivity index (χ0v) is 12.6. The van der Waals surface area contributed by atoms with Crippen LogP contribution in [0.15, 0.2) is 29.6 Å². The second-order valence-electron chi connectivity index (χ2n) is 4.99. The van der Waals surface area contributed by atoms with Gasteiger partial charge in [-0.15, -0.1) is 0 Å². The molecular weight excluding hydrogens is 250 g/mol. The van der Waals surface area contributed by atoms with Gasteiger partial charge in [0, 0.05) is 24.4 Å². The van der Waals surface area contributed by atoms with Crippen molar-refractivity contribution >= 4 is 11.6 Å². The van der Waals surface area contributed by atoms with Gasteiger partial charge in [0.15, 0.2) is 0 Å². The highest BCUT2D eigenvalue weighted by atomic mass is 16.2. The zero-order valence-electron chi connectivity index (χ0n) is 12.6. The van der Waals surface area contributed by atoms with Crippen LogP contribution < -0.4 is 5.43 Å². The van der Waals surface area contributed by atoms with Crippen LogP contribution in [-0.4, -0.2) is 16.6 Å². The Balaban J connectivity index is 2.19. The van der Waals surface area contributed by atoms with Gasteiger partial charge in [0.05, 0.1) is 5.71 Å². The standard InChI is InChI=1S/C16H25N3O/c1-3-4-5-6-7-8-9-16(20)19-18-14(2)15-10-12-17-13-11-15/h10-13H,3-9H2,1-2H3,(H,19,20)/b18-14+. The van der Waals surface area contributed by atoms with Crippen molar-refractivity contribution in [2.24, 2.45) is 5.10 Å². The quantitative estimate of drug-likeness (QED) is 0.424. The fourth-order valence-corrected chi connectivity index (χ4v) is 1.93. The van der Waals surface area contributed by atoms with E-state index in [9.17, 15) is 4.79 Å². The molecule has 1 aromatic rings. The maximum atomic E-state index is 11.6. The van der Waals surface area contributed by atoms with Gasteiger partial charge in [0.1, 0.15) is 0 Å². The van der Waals surface area contributed by atoms with Crippen molar-refractivity contribution in [1.82, 2.24) is 10.4 Å². The fourth-order valence-electron chi connectivity index (χ4n) is 1.93. The molecule has 1 amide bonds. The van der Waals surface area contributed by atoms with Gasteiger partial charge in [-0.3, -0.25) is 9.78 Å². The Bertz CT molecular complexity index is 415. The average Bonchev–Trinajstić information content (AvgIpc) is 2.49. The Morgan fingerprint density at radius 1 is 1.15 bits per heavy atom. The SMILES string of the molecule is CCCCCCCCC(=O)N/N=C(\C)c1ccncc1. The molecule has 110 valence electrons. The molecule has 4 nitrogen and oxygen atoms in total. The van der Waals surface area contributed by atoms with Crippen LogP contribution in [0.4, 0.5) is 0 Å². The first-order valence-electron chi connectivity index (χ1n) is 7.47. The van der Waals surface area contributed by atoms with Gasteiger partial charge < -0.3 is 0 Å². The second-order valence-corrected chi connectivity index (χ2v) is 4.99. The number of hydrogen-bond acceptors (Lipinski definition) is 3. The summed E-state index contributed by atoms with van der Waals surface area (Å²) in [6.45, 7) is 4.08. The van der Waals surface area contributed by atoms with E-state index >= 15 is 0 Å². The number of carbonyl (C=O) groups is 1. The summed E-state index contributed by atoms with van der Waals surface area (Å²) in [5, 5.41) is 4.11. The van der Waals surface area contributed by atoms with Crippen LogP contribution in [0.25, 0.3) is 0 Å². The topological polar surface area (TPSA) is 54.4 Å². The second kappa shape index (κ2) is 10.1. The lowest BCUT2D eigenvalue weighted by atomic mass is 10.1. The Morgan fingerprint density at radius 2 is 1.80 bits per heavy atom. The lowest BCUT2D eigenvalue weighted by Crippen LogP contribution is -2.18. The van der Waals surface area contributed by atoms with E-state index in [1.54, 1.807) is 12.4 Å². The molecule has 0 fully saturated rings. The Labute approximate surface area is 121 Å². The average molecular weight is 275 g/mol. The third-order valence-electron chi connectivity index (χ3n) is 3.20. The number of amides is 1. The van der Waals surface area contributed by atoms with E-state index in [1.807, 2.05) is 19.1 Å².